The first kappa shape index (κ1) is 19.7. The Kier molecular flexibility index (Phi) is 6.49. The second-order valence-electron chi connectivity index (χ2n) is 6.47. The largest absolute Gasteiger partial charge is 0.353 e. The molecule has 28 heavy (non-hydrogen) atoms. The third-order valence-corrected chi connectivity index (χ3v) is 4.58. The Labute approximate surface area is 168 Å². The van der Waals surface area contributed by atoms with Crippen molar-refractivity contribution >= 4 is 35.1 Å². The molecule has 2 aromatic rings. The molecule has 0 radical (unpaired) electrons. The molecule has 1 aliphatic rings. The molecule has 1 aliphatic heterocycles. The first-order valence-corrected chi connectivity index (χ1v) is 9.30. The van der Waals surface area contributed by atoms with E-state index in [9.17, 15) is 14.4 Å². The van der Waals surface area contributed by atoms with Crippen molar-refractivity contribution in [1.29, 1.82) is 0 Å². The fourth-order valence-electron chi connectivity index (χ4n) is 2.80. The van der Waals surface area contributed by atoms with Gasteiger partial charge in [0.05, 0.1) is 13.0 Å². The third kappa shape index (κ3) is 5.72. The van der Waals surface area contributed by atoms with Crippen LogP contribution in [-0.2, 0) is 22.6 Å². The predicted molar refractivity (Wildman–Crippen MR) is 107 cm³/mol. The number of nitrogens with zero attached hydrogens (tertiary/aromatic N) is 1. The summed E-state index contributed by atoms with van der Waals surface area (Å²) in [5.41, 5.74) is 2.39. The van der Waals surface area contributed by atoms with E-state index in [1.165, 1.54) is 0 Å². The summed E-state index contributed by atoms with van der Waals surface area (Å²) in [5, 5.41) is 8.86. The summed E-state index contributed by atoms with van der Waals surface area (Å²) in [6.45, 7) is 1.50. The third-order valence-electron chi connectivity index (χ3n) is 4.32. The molecule has 0 atom stereocenters. The van der Waals surface area contributed by atoms with Crippen LogP contribution in [0.25, 0.3) is 0 Å². The Balaban J connectivity index is 1.47. The van der Waals surface area contributed by atoms with Gasteiger partial charge in [0.15, 0.2) is 0 Å². The van der Waals surface area contributed by atoms with Gasteiger partial charge in [-0.1, -0.05) is 35.9 Å². The highest BCUT2D eigenvalue weighted by atomic mass is 35.5. The van der Waals surface area contributed by atoms with Crippen LogP contribution in [0.3, 0.4) is 0 Å². The molecule has 7 nitrogen and oxygen atoms in total. The lowest BCUT2D eigenvalue weighted by atomic mass is 10.1. The molecule has 0 aliphatic carbocycles. The zero-order chi connectivity index (χ0) is 19.9. The van der Waals surface area contributed by atoms with Crippen LogP contribution in [0.15, 0.2) is 48.5 Å². The first-order valence-electron chi connectivity index (χ1n) is 8.92. The Morgan fingerprint density at radius 1 is 1.04 bits per heavy atom. The highest BCUT2D eigenvalue weighted by Gasteiger charge is 2.20. The molecule has 1 heterocycles. The van der Waals surface area contributed by atoms with Gasteiger partial charge < -0.3 is 20.9 Å². The zero-order valence-corrected chi connectivity index (χ0v) is 16.0. The first-order chi connectivity index (χ1) is 13.5. The number of urea groups is 1. The lowest BCUT2D eigenvalue weighted by Crippen LogP contribution is -2.50. The number of rotatable bonds is 5. The van der Waals surface area contributed by atoms with Gasteiger partial charge in [0.25, 0.3) is 0 Å². The van der Waals surface area contributed by atoms with Gasteiger partial charge in [0.2, 0.25) is 11.8 Å². The van der Waals surface area contributed by atoms with Crippen molar-refractivity contribution in [1.82, 2.24) is 15.5 Å². The van der Waals surface area contributed by atoms with Gasteiger partial charge in [-0.2, -0.15) is 0 Å². The van der Waals surface area contributed by atoms with E-state index in [1.807, 2.05) is 12.1 Å². The number of hydrogen-bond acceptors (Lipinski definition) is 3. The van der Waals surface area contributed by atoms with E-state index in [0.29, 0.717) is 30.3 Å². The average molecular weight is 401 g/mol. The lowest BCUT2D eigenvalue weighted by Gasteiger charge is -2.26. The normalized spacial score (nSPS) is 13.6. The number of halogens is 1. The molecule has 0 saturated carbocycles. The van der Waals surface area contributed by atoms with Crippen molar-refractivity contribution in [3.8, 4) is 0 Å². The van der Waals surface area contributed by atoms with Gasteiger partial charge in [-0.3, -0.25) is 9.59 Å². The molecule has 0 spiro atoms. The van der Waals surface area contributed by atoms with Crippen molar-refractivity contribution < 1.29 is 14.4 Å². The summed E-state index contributed by atoms with van der Waals surface area (Å²) in [6.07, 6.45) is 0.219. The maximum absolute atomic E-state index is 12.3. The monoisotopic (exact) mass is 400 g/mol. The zero-order valence-electron chi connectivity index (χ0n) is 15.2. The van der Waals surface area contributed by atoms with Gasteiger partial charge in [-0.15, -0.1) is 0 Å². The van der Waals surface area contributed by atoms with E-state index in [0.717, 1.165) is 11.1 Å². The van der Waals surface area contributed by atoms with Crippen LogP contribution in [-0.4, -0.2) is 42.4 Å². The second-order valence-corrected chi connectivity index (χ2v) is 6.91. The van der Waals surface area contributed by atoms with Crippen LogP contribution in [0.2, 0.25) is 5.02 Å². The minimum atomic E-state index is -0.321. The van der Waals surface area contributed by atoms with Crippen LogP contribution >= 0.6 is 11.6 Å². The molecule has 1 saturated heterocycles. The van der Waals surface area contributed by atoms with E-state index in [1.54, 1.807) is 41.3 Å². The maximum atomic E-state index is 12.3. The SMILES string of the molecule is O=C1CN(C(=O)Cc2ccc(NC(=O)NCc3ccc(Cl)cc3)cc2)CCN1. The Hall–Kier alpha value is -3.06. The minimum absolute atomic E-state index is 0.0868. The molecule has 1 fully saturated rings. The minimum Gasteiger partial charge on any atom is -0.353 e. The van der Waals surface area contributed by atoms with Gasteiger partial charge in [-0.25, -0.2) is 4.79 Å². The van der Waals surface area contributed by atoms with E-state index < -0.39 is 0 Å². The summed E-state index contributed by atoms with van der Waals surface area (Å²) < 4.78 is 0. The fourth-order valence-corrected chi connectivity index (χ4v) is 2.93. The molecule has 0 aromatic heterocycles. The summed E-state index contributed by atoms with van der Waals surface area (Å²) in [6, 6.07) is 14.0. The Bertz CT molecular complexity index is 853. The molecule has 4 amide bonds. The van der Waals surface area contributed by atoms with Crippen LogP contribution in [0, 0.1) is 0 Å². The highest BCUT2D eigenvalue weighted by molar-refractivity contribution is 6.30. The van der Waals surface area contributed by atoms with E-state index >= 15 is 0 Å². The molecular formula is C20H21ClN4O3. The van der Waals surface area contributed by atoms with E-state index in [4.69, 9.17) is 11.6 Å². The Morgan fingerprint density at radius 2 is 1.71 bits per heavy atom. The second kappa shape index (κ2) is 9.23. The number of nitrogens with one attached hydrogen (secondary N) is 3. The van der Waals surface area contributed by atoms with Crippen LogP contribution < -0.4 is 16.0 Å². The quantitative estimate of drug-likeness (QED) is 0.718. The van der Waals surface area contributed by atoms with Crippen molar-refractivity contribution in [2.75, 3.05) is 25.0 Å². The topological polar surface area (TPSA) is 90.5 Å². The lowest BCUT2D eigenvalue weighted by molar-refractivity contribution is -0.137. The van der Waals surface area contributed by atoms with Gasteiger partial charge >= 0.3 is 6.03 Å². The number of anilines is 1. The van der Waals surface area contributed by atoms with Crippen molar-refractivity contribution in [2.24, 2.45) is 0 Å². The van der Waals surface area contributed by atoms with Gasteiger partial charge in [-0.05, 0) is 35.4 Å². The van der Waals surface area contributed by atoms with Gasteiger partial charge in [0.1, 0.15) is 0 Å². The van der Waals surface area contributed by atoms with E-state index in [2.05, 4.69) is 16.0 Å². The number of carbonyl (C=O) groups is 3. The van der Waals surface area contributed by atoms with Crippen LogP contribution in [0.4, 0.5) is 10.5 Å². The maximum Gasteiger partial charge on any atom is 0.319 e. The number of carbonyl (C=O) groups excluding carboxylic acids is 3. The molecule has 3 N–H and O–H groups in total. The summed E-state index contributed by atoms with van der Waals surface area (Å²) in [4.78, 5) is 37.2. The molecule has 2 aromatic carbocycles. The summed E-state index contributed by atoms with van der Waals surface area (Å²) in [7, 11) is 0. The van der Waals surface area contributed by atoms with Crippen molar-refractivity contribution in [2.45, 2.75) is 13.0 Å². The number of piperazine rings is 1. The van der Waals surface area contributed by atoms with Gasteiger partial charge in [0, 0.05) is 30.3 Å². The van der Waals surface area contributed by atoms with Crippen molar-refractivity contribution in [3.63, 3.8) is 0 Å². The molecular weight excluding hydrogens is 380 g/mol. The predicted octanol–water partition coefficient (Wildman–Crippen LogP) is 2.16. The van der Waals surface area contributed by atoms with Crippen LogP contribution in [0.1, 0.15) is 11.1 Å². The molecule has 0 bridgehead atoms. The molecule has 3 rings (SSSR count). The smallest absolute Gasteiger partial charge is 0.319 e. The number of hydrogen-bond donors (Lipinski definition) is 3. The van der Waals surface area contributed by atoms with Crippen LogP contribution in [0.5, 0.6) is 0 Å². The molecule has 0 unspecified atom stereocenters. The standard InChI is InChI=1S/C20H21ClN4O3/c21-16-5-1-15(2-6-16)12-23-20(28)24-17-7-3-14(4-8-17)11-19(27)25-10-9-22-18(26)13-25/h1-8H,9-13H2,(H,22,26)(H2,23,24,28). The molecule has 146 valence electrons. The average Bonchev–Trinajstić information content (AvgIpc) is 2.69. The van der Waals surface area contributed by atoms with E-state index in [-0.39, 0.29) is 30.8 Å². The number of benzene rings is 2. The fraction of sp³-hybridized carbons (Fsp3) is 0.250. The molecule has 8 heteroatoms. The Morgan fingerprint density at radius 3 is 2.39 bits per heavy atom. The summed E-state index contributed by atoms with van der Waals surface area (Å²) in [5.74, 6) is -0.222. The van der Waals surface area contributed by atoms with Crippen molar-refractivity contribution in [3.05, 3.63) is 64.7 Å². The summed E-state index contributed by atoms with van der Waals surface area (Å²) >= 11 is 5.84. The number of amides is 4. The highest BCUT2D eigenvalue weighted by Crippen LogP contribution is 2.12.